The standard InChI is InChI=1S/C74H132O6/c1-4-7-10-13-16-19-22-25-28-31-33-35-36-37-39-40-43-46-49-52-55-58-61-64-67-73(76)79-70-71(69-78-72(75)66-63-60-57-54-51-48-45-42-30-27-24-21-18-15-12-9-6-3)80-74(77)68-65-62-59-56-53-50-47-44-41-38-34-32-29-26-23-20-17-14-11-8-5-2/h8,11,17,20,26,29,34,38,44,47,53,56,71H,4-7,9-10,12-16,18-19,21-25,27-28,30-33,35-37,39-43,45-46,48-52,54-55,57-70H2,1-3H3/b11-8-,20-17-,29-26-,38-34-,47-44-,56-53-. The summed E-state index contributed by atoms with van der Waals surface area (Å²) in [5, 5.41) is 0. The number of allylic oxidation sites excluding steroid dienone is 12. The van der Waals surface area contributed by atoms with Gasteiger partial charge in [0.1, 0.15) is 13.2 Å². The lowest BCUT2D eigenvalue weighted by Crippen LogP contribution is -2.30. The Morgan fingerprint density at radius 1 is 0.263 bits per heavy atom. The Morgan fingerprint density at radius 3 is 0.762 bits per heavy atom. The Kier molecular flexibility index (Phi) is 65.7. The molecular formula is C74H132O6. The second-order valence-corrected chi connectivity index (χ2v) is 23.4. The van der Waals surface area contributed by atoms with Gasteiger partial charge in [-0.2, -0.15) is 0 Å². The highest BCUT2D eigenvalue weighted by Gasteiger charge is 2.19. The van der Waals surface area contributed by atoms with Crippen LogP contribution in [-0.4, -0.2) is 37.2 Å². The van der Waals surface area contributed by atoms with Crippen LogP contribution in [0.3, 0.4) is 0 Å². The van der Waals surface area contributed by atoms with Crippen molar-refractivity contribution >= 4 is 17.9 Å². The van der Waals surface area contributed by atoms with Crippen molar-refractivity contribution in [3.05, 3.63) is 72.9 Å². The molecule has 0 fully saturated rings. The maximum Gasteiger partial charge on any atom is 0.306 e. The summed E-state index contributed by atoms with van der Waals surface area (Å²) >= 11 is 0. The topological polar surface area (TPSA) is 78.9 Å². The summed E-state index contributed by atoms with van der Waals surface area (Å²) in [6.45, 7) is 6.56. The highest BCUT2D eigenvalue weighted by Crippen LogP contribution is 2.18. The monoisotopic (exact) mass is 1120 g/mol. The van der Waals surface area contributed by atoms with E-state index in [9.17, 15) is 14.4 Å². The van der Waals surface area contributed by atoms with Gasteiger partial charge >= 0.3 is 17.9 Å². The summed E-state index contributed by atoms with van der Waals surface area (Å²) < 4.78 is 17.0. The quantitative estimate of drug-likeness (QED) is 0.0261. The molecule has 0 heterocycles. The van der Waals surface area contributed by atoms with Crippen molar-refractivity contribution in [1.82, 2.24) is 0 Å². The zero-order valence-corrected chi connectivity index (χ0v) is 53.3. The molecule has 0 amide bonds. The third kappa shape index (κ3) is 65.7. The number of hydrogen-bond acceptors (Lipinski definition) is 6. The van der Waals surface area contributed by atoms with Crippen molar-refractivity contribution in [2.75, 3.05) is 13.2 Å². The molecule has 0 spiro atoms. The van der Waals surface area contributed by atoms with Gasteiger partial charge in [0, 0.05) is 19.3 Å². The first-order chi connectivity index (χ1) is 39.5. The number of unbranched alkanes of at least 4 members (excludes halogenated alkanes) is 41. The zero-order valence-electron chi connectivity index (χ0n) is 53.3. The van der Waals surface area contributed by atoms with Gasteiger partial charge in [-0.15, -0.1) is 0 Å². The summed E-state index contributed by atoms with van der Waals surface area (Å²) in [5.41, 5.74) is 0. The summed E-state index contributed by atoms with van der Waals surface area (Å²) in [4.78, 5) is 38.4. The molecule has 0 aliphatic carbocycles. The van der Waals surface area contributed by atoms with Crippen LogP contribution in [0.4, 0.5) is 0 Å². The van der Waals surface area contributed by atoms with Crippen LogP contribution in [0.5, 0.6) is 0 Å². The van der Waals surface area contributed by atoms with Gasteiger partial charge in [-0.1, -0.05) is 344 Å². The molecule has 0 aromatic carbocycles. The maximum atomic E-state index is 12.9. The fraction of sp³-hybridized carbons (Fsp3) is 0.797. The third-order valence-corrected chi connectivity index (χ3v) is 15.5. The van der Waals surface area contributed by atoms with Crippen molar-refractivity contribution < 1.29 is 28.6 Å². The average Bonchev–Trinajstić information content (AvgIpc) is 3.46. The first-order valence-electron chi connectivity index (χ1n) is 34.9. The highest BCUT2D eigenvalue weighted by atomic mass is 16.6. The second kappa shape index (κ2) is 68.3. The van der Waals surface area contributed by atoms with Crippen LogP contribution < -0.4 is 0 Å². The van der Waals surface area contributed by atoms with Gasteiger partial charge in [0.2, 0.25) is 0 Å². The summed E-state index contributed by atoms with van der Waals surface area (Å²) in [6.07, 6.45) is 89.3. The van der Waals surface area contributed by atoms with Gasteiger partial charge in [0.15, 0.2) is 6.10 Å². The molecule has 6 nitrogen and oxygen atoms in total. The average molecular weight is 1120 g/mol. The molecule has 0 saturated carbocycles. The fourth-order valence-electron chi connectivity index (χ4n) is 10.3. The summed E-state index contributed by atoms with van der Waals surface area (Å²) in [7, 11) is 0. The molecule has 0 aliphatic rings. The van der Waals surface area contributed by atoms with Gasteiger partial charge < -0.3 is 14.2 Å². The molecule has 0 N–H and O–H groups in total. The molecule has 0 rings (SSSR count). The van der Waals surface area contributed by atoms with Gasteiger partial charge in [-0.25, -0.2) is 0 Å². The minimum atomic E-state index is -0.798. The van der Waals surface area contributed by atoms with Crippen LogP contribution in [0.1, 0.15) is 361 Å². The number of rotatable bonds is 64. The second-order valence-electron chi connectivity index (χ2n) is 23.4. The number of hydrogen-bond donors (Lipinski definition) is 0. The maximum absolute atomic E-state index is 12.9. The Balaban J connectivity index is 4.38. The SMILES string of the molecule is CC/C=C\C/C=C\C/C=C\C/C=C\C/C=C\C/C=C\CCCCC(=O)OC(COC(=O)CCCCCCCCCCCCCCCCCCC)COC(=O)CCCCCCCCCCCCCCCCCCCCCCCCCC. The van der Waals surface area contributed by atoms with E-state index in [1.165, 1.54) is 225 Å². The lowest BCUT2D eigenvalue weighted by atomic mass is 10.0. The van der Waals surface area contributed by atoms with Crippen LogP contribution in [-0.2, 0) is 28.6 Å². The molecule has 0 saturated heterocycles. The van der Waals surface area contributed by atoms with Crippen molar-refractivity contribution in [2.45, 2.75) is 367 Å². The molecule has 80 heavy (non-hydrogen) atoms. The van der Waals surface area contributed by atoms with Gasteiger partial charge in [0.05, 0.1) is 0 Å². The first-order valence-corrected chi connectivity index (χ1v) is 34.9. The minimum absolute atomic E-state index is 0.0884. The number of carbonyl (C=O) groups is 3. The molecule has 6 heteroatoms. The Hall–Kier alpha value is -3.15. The molecule has 464 valence electrons. The fourth-order valence-corrected chi connectivity index (χ4v) is 10.3. The lowest BCUT2D eigenvalue weighted by Gasteiger charge is -2.18. The van der Waals surface area contributed by atoms with Crippen LogP contribution in [0.15, 0.2) is 72.9 Å². The number of esters is 3. The number of ether oxygens (including phenoxy) is 3. The van der Waals surface area contributed by atoms with E-state index in [0.717, 1.165) is 89.9 Å². The predicted molar refractivity (Wildman–Crippen MR) is 348 cm³/mol. The van der Waals surface area contributed by atoms with E-state index in [1.807, 2.05) is 0 Å². The van der Waals surface area contributed by atoms with Gasteiger partial charge in [-0.3, -0.25) is 14.4 Å². The summed E-state index contributed by atoms with van der Waals surface area (Å²) in [5.74, 6) is -0.908. The van der Waals surface area contributed by atoms with E-state index >= 15 is 0 Å². The van der Waals surface area contributed by atoms with E-state index in [0.29, 0.717) is 19.3 Å². The number of carbonyl (C=O) groups excluding carboxylic acids is 3. The van der Waals surface area contributed by atoms with Crippen LogP contribution in [0.2, 0.25) is 0 Å². The van der Waals surface area contributed by atoms with E-state index in [2.05, 4.69) is 93.7 Å². The Labute approximate surface area is 497 Å². The lowest BCUT2D eigenvalue weighted by molar-refractivity contribution is -0.167. The van der Waals surface area contributed by atoms with Crippen LogP contribution >= 0.6 is 0 Å². The molecular weight excluding hydrogens is 985 g/mol. The van der Waals surface area contributed by atoms with Crippen molar-refractivity contribution in [1.29, 1.82) is 0 Å². The molecule has 0 aromatic heterocycles. The van der Waals surface area contributed by atoms with Gasteiger partial charge in [-0.05, 0) is 70.6 Å². The molecule has 0 aliphatic heterocycles. The third-order valence-electron chi connectivity index (χ3n) is 15.5. The smallest absolute Gasteiger partial charge is 0.306 e. The largest absolute Gasteiger partial charge is 0.462 e. The summed E-state index contributed by atoms with van der Waals surface area (Å²) in [6, 6.07) is 0. The predicted octanol–water partition coefficient (Wildman–Crippen LogP) is 24.1. The highest BCUT2D eigenvalue weighted by molar-refractivity contribution is 5.71. The molecule has 0 radical (unpaired) electrons. The first kappa shape index (κ1) is 76.9. The Bertz CT molecular complexity index is 1470. The van der Waals surface area contributed by atoms with E-state index < -0.39 is 6.10 Å². The van der Waals surface area contributed by atoms with Crippen molar-refractivity contribution in [3.8, 4) is 0 Å². The van der Waals surface area contributed by atoms with Crippen molar-refractivity contribution in [2.24, 2.45) is 0 Å². The zero-order chi connectivity index (χ0) is 57.8. The minimum Gasteiger partial charge on any atom is -0.462 e. The molecule has 0 aromatic rings. The van der Waals surface area contributed by atoms with Crippen LogP contribution in [0.25, 0.3) is 0 Å². The molecule has 1 atom stereocenters. The van der Waals surface area contributed by atoms with E-state index in [-0.39, 0.29) is 37.5 Å². The molecule has 1 unspecified atom stereocenters. The van der Waals surface area contributed by atoms with E-state index in [4.69, 9.17) is 14.2 Å². The Morgan fingerprint density at radius 2 is 0.487 bits per heavy atom. The van der Waals surface area contributed by atoms with Crippen molar-refractivity contribution in [3.63, 3.8) is 0 Å². The normalized spacial score (nSPS) is 12.5. The van der Waals surface area contributed by atoms with Gasteiger partial charge in [0.25, 0.3) is 0 Å². The molecule has 0 bridgehead atoms. The van der Waals surface area contributed by atoms with E-state index in [1.54, 1.807) is 0 Å². The van der Waals surface area contributed by atoms with Crippen LogP contribution in [0, 0.1) is 0 Å².